The van der Waals surface area contributed by atoms with Crippen molar-refractivity contribution >= 4 is 29.1 Å². The number of benzene rings is 1. The number of carbonyl (C=O) groups excluding carboxylic acids is 1. The molecule has 0 atom stereocenters. The third-order valence-corrected chi connectivity index (χ3v) is 4.35. The van der Waals surface area contributed by atoms with Crippen LogP contribution in [0.4, 0.5) is 0 Å². The van der Waals surface area contributed by atoms with E-state index in [1.165, 1.54) is 12.8 Å². The van der Waals surface area contributed by atoms with Gasteiger partial charge in [0.25, 0.3) is 5.91 Å². The van der Waals surface area contributed by atoms with Gasteiger partial charge in [-0.05, 0) is 37.5 Å². The first kappa shape index (κ1) is 14.7. The van der Waals surface area contributed by atoms with E-state index >= 15 is 0 Å². The van der Waals surface area contributed by atoms with Crippen molar-refractivity contribution in [2.24, 2.45) is 0 Å². The summed E-state index contributed by atoms with van der Waals surface area (Å²) in [5, 5.41) is 0.642. The second-order valence-electron chi connectivity index (χ2n) is 5.09. The Labute approximate surface area is 124 Å². The molecular weight excluding hydrogens is 281 g/mol. The van der Waals surface area contributed by atoms with Crippen molar-refractivity contribution in [3.05, 3.63) is 34.3 Å². The van der Waals surface area contributed by atoms with Crippen LogP contribution >= 0.6 is 23.2 Å². The second-order valence-corrected chi connectivity index (χ2v) is 5.87. The van der Waals surface area contributed by atoms with Gasteiger partial charge in [0, 0.05) is 29.1 Å². The smallest absolute Gasteiger partial charge is 0.254 e. The molecule has 4 heteroatoms. The number of hydrogen-bond donors (Lipinski definition) is 0. The van der Waals surface area contributed by atoms with Gasteiger partial charge in [-0.15, -0.1) is 11.6 Å². The Morgan fingerprint density at radius 1 is 1.37 bits per heavy atom. The van der Waals surface area contributed by atoms with Gasteiger partial charge in [-0.2, -0.15) is 0 Å². The molecule has 104 valence electrons. The van der Waals surface area contributed by atoms with E-state index in [9.17, 15) is 4.79 Å². The molecule has 1 saturated carbocycles. The van der Waals surface area contributed by atoms with Gasteiger partial charge >= 0.3 is 0 Å². The summed E-state index contributed by atoms with van der Waals surface area (Å²) in [6, 6.07) is 5.84. The lowest BCUT2D eigenvalue weighted by Gasteiger charge is -2.28. The van der Waals surface area contributed by atoms with Gasteiger partial charge < -0.3 is 4.90 Å². The number of aryl methyl sites for hydroxylation is 1. The van der Waals surface area contributed by atoms with E-state index in [1.807, 2.05) is 24.0 Å². The maximum atomic E-state index is 12.6. The first-order chi connectivity index (χ1) is 9.13. The normalized spacial score (nSPS) is 15.7. The van der Waals surface area contributed by atoms with E-state index in [4.69, 9.17) is 23.2 Å². The number of halogens is 2. The molecule has 0 bridgehead atoms. The maximum Gasteiger partial charge on any atom is 0.254 e. The van der Waals surface area contributed by atoms with Gasteiger partial charge in [0.15, 0.2) is 0 Å². The molecule has 0 heterocycles. The van der Waals surface area contributed by atoms with Gasteiger partial charge in [-0.3, -0.25) is 4.79 Å². The molecule has 2 nitrogen and oxygen atoms in total. The van der Waals surface area contributed by atoms with Gasteiger partial charge in [0.2, 0.25) is 0 Å². The average Bonchev–Trinajstić information content (AvgIpc) is 2.92. The van der Waals surface area contributed by atoms with Crippen LogP contribution in [-0.4, -0.2) is 29.3 Å². The van der Waals surface area contributed by atoms with Crippen molar-refractivity contribution in [2.45, 2.75) is 38.6 Å². The number of hydrogen-bond acceptors (Lipinski definition) is 1. The predicted octanol–water partition coefficient (Wildman–Crippen LogP) is 4.27. The molecular formula is C15H19Cl2NO. The Balaban J connectivity index is 2.20. The molecule has 0 N–H and O–H groups in total. The molecule has 1 aliphatic carbocycles. The van der Waals surface area contributed by atoms with Crippen molar-refractivity contribution in [3.8, 4) is 0 Å². The number of alkyl halides is 1. The van der Waals surface area contributed by atoms with Crippen molar-refractivity contribution in [1.29, 1.82) is 0 Å². The van der Waals surface area contributed by atoms with Gasteiger partial charge in [0.1, 0.15) is 0 Å². The first-order valence-corrected chi connectivity index (χ1v) is 7.68. The summed E-state index contributed by atoms with van der Waals surface area (Å²) in [5.41, 5.74) is 1.65. The molecule has 1 fully saturated rings. The highest BCUT2D eigenvalue weighted by atomic mass is 35.5. The molecule has 0 spiro atoms. The summed E-state index contributed by atoms with van der Waals surface area (Å²) in [6.45, 7) is 2.54. The van der Waals surface area contributed by atoms with Crippen LogP contribution in [0.2, 0.25) is 5.02 Å². The minimum absolute atomic E-state index is 0.0504. The van der Waals surface area contributed by atoms with Crippen molar-refractivity contribution in [3.63, 3.8) is 0 Å². The van der Waals surface area contributed by atoms with Gasteiger partial charge in [-0.1, -0.05) is 30.5 Å². The predicted molar refractivity (Wildman–Crippen MR) is 80.2 cm³/mol. The van der Waals surface area contributed by atoms with E-state index in [2.05, 4.69) is 0 Å². The van der Waals surface area contributed by atoms with Crippen LogP contribution in [0.25, 0.3) is 0 Å². The van der Waals surface area contributed by atoms with E-state index in [0.29, 0.717) is 29.1 Å². The summed E-state index contributed by atoms with van der Waals surface area (Å²) in [6.07, 6.45) is 4.57. The fourth-order valence-corrected chi connectivity index (χ4v) is 3.01. The average molecular weight is 300 g/mol. The molecule has 0 saturated heterocycles. The summed E-state index contributed by atoms with van der Waals surface area (Å²) in [7, 11) is 0. The van der Waals surface area contributed by atoms with Crippen LogP contribution in [0, 0.1) is 6.92 Å². The minimum Gasteiger partial charge on any atom is -0.334 e. The Hall–Kier alpha value is -0.730. The Bertz CT molecular complexity index is 455. The third kappa shape index (κ3) is 3.43. The zero-order valence-corrected chi connectivity index (χ0v) is 12.7. The lowest BCUT2D eigenvalue weighted by molar-refractivity contribution is 0.0695. The van der Waals surface area contributed by atoms with E-state index in [1.54, 1.807) is 6.07 Å². The molecule has 0 aromatic heterocycles. The van der Waals surface area contributed by atoms with E-state index in [-0.39, 0.29) is 5.91 Å². The van der Waals surface area contributed by atoms with E-state index in [0.717, 1.165) is 18.4 Å². The zero-order chi connectivity index (χ0) is 13.8. The SMILES string of the molecule is Cc1ccc(C(=O)N(CCCl)C2CCCC2)cc1Cl. The highest BCUT2D eigenvalue weighted by Gasteiger charge is 2.27. The topological polar surface area (TPSA) is 20.3 Å². The number of nitrogens with zero attached hydrogens (tertiary/aromatic N) is 1. The summed E-state index contributed by atoms with van der Waals surface area (Å²) in [5.74, 6) is 0.524. The Morgan fingerprint density at radius 3 is 2.63 bits per heavy atom. The maximum absolute atomic E-state index is 12.6. The summed E-state index contributed by atoms with van der Waals surface area (Å²) in [4.78, 5) is 14.5. The van der Waals surface area contributed by atoms with Crippen LogP contribution in [0.5, 0.6) is 0 Å². The number of carbonyl (C=O) groups is 1. The molecule has 1 aliphatic rings. The third-order valence-electron chi connectivity index (χ3n) is 3.77. The van der Waals surface area contributed by atoms with Crippen molar-refractivity contribution in [2.75, 3.05) is 12.4 Å². The van der Waals surface area contributed by atoms with Crippen molar-refractivity contribution < 1.29 is 4.79 Å². The van der Waals surface area contributed by atoms with Crippen LogP contribution in [0.3, 0.4) is 0 Å². The quantitative estimate of drug-likeness (QED) is 0.760. The zero-order valence-electron chi connectivity index (χ0n) is 11.2. The minimum atomic E-state index is 0.0504. The van der Waals surface area contributed by atoms with Crippen LogP contribution in [0.15, 0.2) is 18.2 Å². The Kier molecular flexibility index (Phi) is 5.12. The largest absolute Gasteiger partial charge is 0.334 e. The van der Waals surface area contributed by atoms with E-state index < -0.39 is 0 Å². The number of rotatable bonds is 4. The highest BCUT2D eigenvalue weighted by molar-refractivity contribution is 6.31. The van der Waals surface area contributed by atoms with Crippen LogP contribution in [-0.2, 0) is 0 Å². The fraction of sp³-hybridized carbons (Fsp3) is 0.533. The van der Waals surface area contributed by atoms with Gasteiger partial charge in [-0.25, -0.2) is 0 Å². The first-order valence-electron chi connectivity index (χ1n) is 6.76. The molecule has 0 radical (unpaired) electrons. The molecule has 1 aromatic rings. The molecule has 0 unspecified atom stereocenters. The van der Waals surface area contributed by atoms with Crippen LogP contribution in [0.1, 0.15) is 41.6 Å². The highest BCUT2D eigenvalue weighted by Crippen LogP contribution is 2.26. The molecule has 2 rings (SSSR count). The summed E-state index contributed by atoms with van der Waals surface area (Å²) < 4.78 is 0. The van der Waals surface area contributed by atoms with Crippen LogP contribution < -0.4 is 0 Å². The standard InChI is InChI=1S/C15H19Cl2NO/c1-11-6-7-12(10-14(11)17)15(19)18(9-8-16)13-4-2-3-5-13/h6-7,10,13H,2-5,8-9H2,1H3. The molecule has 1 amide bonds. The van der Waals surface area contributed by atoms with Gasteiger partial charge in [0.05, 0.1) is 0 Å². The second kappa shape index (κ2) is 6.62. The number of amides is 1. The summed E-state index contributed by atoms with van der Waals surface area (Å²) >= 11 is 11.9. The fourth-order valence-electron chi connectivity index (χ4n) is 2.65. The molecule has 19 heavy (non-hydrogen) atoms. The monoisotopic (exact) mass is 299 g/mol. The lowest BCUT2D eigenvalue weighted by Crippen LogP contribution is -2.40. The van der Waals surface area contributed by atoms with Crippen molar-refractivity contribution in [1.82, 2.24) is 4.90 Å². The molecule has 1 aromatic carbocycles. The molecule has 0 aliphatic heterocycles. The Morgan fingerprint density at radius 2 is 2.05 bits per heavy atom. The lowest BCUT2D eigenvalue weighted by atomic mass is 10.1.